The number of alkyl halides is 1. The summed E-state index contributed by atoms with van der Waals surface area (Å²) >= 11 is 0. The van der Waals surface area contributed by atoms with Crippen LogP contribution in [0.4, 0.5) is 4.39 Å². The van der Waals surface area contributed by atoms with Crippen LogP contribution in [0.5, 0.6) is 0 Å². The van der Waals surface area contributed by atoms with Crippen LogP contribution in [0, 0.1) is 0 Å². The molecule has 15 heavy (non-hydrogen) atoms. The van der Waals surface area contributed by atoms with E-state index in [9.17, 15) is 9.18 Å². The van der Waals surface area contributed by atoms with E-state index >= 15 is 0 Å². The maximum absolute atomic E-state index is 12.6. The van der Waals surface area contributed by atoms with E-state index in [-0.39, 0.29) is 11.3 Å². The molecular weight excluding hydrogens is 199 g/mol. The van der Waals surface area contributed by atoms with Crippen molar-refractivity contribution in [2.24, 2.45) is 7.05 Å². The fourth-order valence-corrected chi connectivity index (χ4v) is 1.67. The van der Waals surface area contributed by atoms with Gasteiger partial charge in [0.1, 0.15) is 12.4 Å². The van der Waals surface area contributed by atoms with Gasteiger partial charge in [0, 0.05) is 12.4 Å². The van der Waals surface area contributed by atoms with E-state index in [2.05, 4.69) is 5.10 Å². The Labute approximate surface area is 84.9 Å². The highest BCUT2D eigenvalue weighted by Crippen LogP contribution is 2.23. The first kappa shape index (κ1) is 9.64. The van der Waals surface area contributed by atoms with Gasteiger partial charge in [-0.2, -0.15) is 5.10 Å². The third kappa shape index (κ3) is 1.36. The van der Waals surface area contributed by atoms with E-state index in [1.807, 2.05) is 0 Å². The molecule has 0 aliphatic carbocycles. The topological polar surface area (TPSA) is 55.1 Å². The van der Waals surface area contributed by atoms with Gasteiger partial charge in [-0.1, -0.05) is 6.07 Å². The Morgan fingerprint density at radius 1 is 1.60 bits per heavy atom. The van der Waals surface area contributed by atoms with Crippen LogP contribution in [0.1, 0.15) is 16.1 Å². The molecule has 0 amide bonds. The number of carbonyl (C=O) groups is 1. The minimum atomic E-state index is -1.07. The summed E-state index contributed by atoms with van der Waals surface area (Å²) in [6.45, 7) is -0.762. The van der Waals surface area contributed by atoms with Crippen molar-refractivity contribution in [2.75, 3.05) is 0 Å². The minimum Gasteiger partial charge on any atom is -0.478 e. The van der Waals surface area contributed by atoms with Gasteiger partial charge >= 0.3 is 5.97 Å². The number of rotatable bonds is 2. The Bertz CT molecular complexity index is 533. The number of carboxylic acids is 1. The lowest BCUT2D eigenvalue weighted by Crippen LogP contribution is -1.97. The molecule has 5 heteroatoms. The van der Waals surface area contributed by atoms with Crippen molar-refractivity contribution in [2.45, 2.75) is 6.67 Å². The molecule has 1 heterocycles. The molecule has 2 aromatic rings. The summed E-state index contributed by atoms with van der Waals surface area (Å²) < 4.78 is 14.1. The number of hydrogen-bond acceptors (Lipinski definition) is 2. The number of aryl methyl sites for hydroxylation is 1. The lowest BCUT2D eigenvalue weighted by Gasteiger charge is -1.98. The molecule has 0 saturated heterocycles. The largest absolute Gasteiger partial charge is 0.478 e. The number of carboxylic acid groups (broad SMARTS) is 1. The molecule has 0 aliphatic rings. The normalized spacial score (nSPS) is 10.8. The zero-order valence-electron chi connectivity index (χ0n) is 8.07. The highest BCUT2D eigenvalue weighted by atomic mass is 19.1. The summed E-state index contributed by atoms with van der Waals surface area (Å²) in [5, 5.41) is 13.3. The number of fused-ring (bicyclic) bond motifs is 1. The molecular formula is C10H9FN2O2. The molecule has 0 atom stereocenters. The molecule has 0 fully saturated rings. The van der Waals surface area contributed by atoms with Crippen molar-refractivity contribution in [3.63, 3.8) is 0 Å². The molecule has 78 valence electrons. The fraction of sp³-hybridized carbons (Fsp3) is 0.200. The smallest absolute Gasteiger partial charge is 0.336 e. The monoisotopic (exact) mass is 208 g/mol. The van der Waals surface area contributed by atoms with E-state index in [1.165, 1.54) is 10.7 Å². The zero-order valence-corrected chi connectivity index (χ0v) is 8.07. The number of aromatic carboxylic acids is 1. The Morgan fingerprint density at radius 3 is 2.93 bits per heavy atom. The highest BCUT2D eigenvalue weighted by Gasteiger charge is 2.15. The average molecular weight is 208 g/mol. The van der Waals surface area contributed by atoms with Gasteiger partial charge in [-0.15, -0.1) is 0 Å². The van der Waals surface area contributed by atoms with Crippen LogP contribution in [-0.2, 0) is 13.7 Å². The first-order chi connectivity index (χ1) is 7.15. The highest BCUT2D eigenvalue weighted by molar-refractivity contribution is 6.03. The van der Waals surface area contributed by atoms with Gasteiger partial charge in [0.2, 0.25) is 0 Å². The molecule has 0 bridgehead atoms. The summed E-state index contributed by atoms with van der Waals surface area (Å²) in [7, 11) is 1.66. The van der Waals surface area contributed by atoms with Crippen molar-refractivity contribution in [1.82, 2.24) is 9.78 Å². The predicted molar refractivity (Wildman–Crippen MR) is 52.5 cm³/mol. The second kappa shape index (κ2) is 3.34. The molecule has 2 rings (SSSR count). The van der Waals surface area contributed by atoms with Crippen molar-refractivity contribution < 1.29 is 14.3 Å². The molecule has 1 aromatic carbocycles. The summed E-state index contributed by atoms with van der Waals surface area (Å²) in [6.07, 6.45) is 0. The first-order valence-corrected chi connectivity index (χ1v) is 4.39. The standard InChI is InChI=1S/C10H9FN2O2/c1-13-8-4-2-3-6(10(14)15)9(8)7(5-11)12-13/h2-4H,5H2,1H3,(H,14,15). The van der Waals surface area contributed by atoms with Gasteiger partial charge in [-0.3, -0.25) is 4.68 Å². The van der Waals surface area contributed by atoms with Gasteiger partial charge < -0.3 is 5.11 Å². The van der Waals surface area contributed by atoms with Crippen molar-refractivity contribution in [1.29, 1.82) is 0 Å². The second-order valence-corrected chi connectivity index (χ2v) is 3.21. The SMILES string of the molecule is Cn1nc(CF)c2c(C(=O)O)cccc21. The molecule has 0 unspecified atom stereocenters. The van der Waals surface area contributed by atoms with Crippen LogP contribution in [0.25, 0.3) is 10.9 Å². The van der Waals surface area contributed by atoms with Gasteiger partial charge in [0.15, 0.2) is 0 Å². The van der Waals surface area contributed by atoms with Crippen molar-refractivity contribution >= 4 is 16.9 Å². The number of hydrogen-bond donors (Lipinski definition) is 1. The maximum atomic E-state index is 12.6. The maximum Gasteiger partial charge on any atom is 0.336 e. The lowest BCUT2D eigenvalue weighted by molar-refractivity contribution is 0.0699. The van der Waals surface area contributed by atoms with E-state index in [1.54, 1.807) is 19.2 Å². The van der Waals surface area contributed by atoms with Gasteiger partial charge in [0.05, 0.1) is 11.1 Å². The third-order valence-corrected chi connectivity index (χ3v) is 2.31. The molecule has 0 radical (unpaired) electrons. The minimum absolute atomic E-state index is 0.0910. The van der Waals surface area contributed by atoms with Crippen LogP contribution in [0.15, 0.2) is 18.2 Å². The second-order valence-electron chi connectivity index (χ2n) is 3.21. The van der Waals surface area contributed by atoms with Crippen LogP contribution in [-0.4, -0.2) is 20.9 Å². The Kier molecular flexibility index (Phi) is 2.15. The Balaban J connectivity index is 2.88. The molecule has 0 aliphatic heterocycles. The molecule has 0 spiro atoms. The molecule has 1 aromatic heterocycles. The van der Waals surface area contributed by atoms with E-state index < -0.39 is 12.6 Å². The van der Waals surface area contributed by atoms with Crippen molar-refractivity contribution in [3.05, 3.63) is 29.5 Å². The number of nitrogens with zero attached hydrogens (tertiary/aromatic N) is 2. The van der Waals surface area contributed by atoms with Gasteiger partial charge in [0.25, 0.3) is 0 Å². The summed E-state index contributed by atoms with van der Waals surface area (Å²) in [4.78, 5) is 10.9. The molecule has 1 N–H and O–H groups in total. The number of aromatic nitrogens is 2. The third-order valence-electron chi connectivity index (χ3n) is 2.31. The van der Waals surface area contributed by atoms with Crippen LogP contribution in [0.3, 0.4) is 0 Å². The summed E-state index contributed by atoms with van der Waals surface area (Å²) in [5.41, 5.74) is 0.890. The fourth-order valence-electron chi connectivity index (χ4n) is 1.67. The lowest BCUT2D eigenvalue weighted by atomic mass is 10.1. The molecule has 0 saturated carbocycles. The van der Waals surface area contributed by atoms with Crippen LogP contribution in [0.2, 0.25) is 0 Å². The summed E-state index contributed by atoms with van der Waals surface area (Å²) in [6, 6.07) is 4.79. The van der Waals surface area contributed by atoms with Gasteiger partial charge in [-0.25, -0.2) is 9.18 Å². The van der Waals surface area contributed by atoms with Gasteiger partial charge in [-0.05, 0) is 12.1 Å². The van der Waals surface area contributed by atoms with E-state index in [0.717, 1.165) is 0 Å². The zero-order chi connectivity index (χ0) is 11.0. The van der Waals surface area contributed by atoms with E-state index in [4.69, 9.17) is 5.11 Å². The quantitative estimate of drug-likeness (QED) is 0.817. The van der Waals surface area contributed by atoms with Crippen molar-refractivity contribution in [3.8, 4) is 0 Å². The predicted octanol–water partition coefficient (Wildman–Crippen LogP) is 1.74. The number of halogens is 1. The van der Waals surface area contributed by atoms with Crippen LogP contribution >= 0.6 is 0 Å². The molecule has 4 nitrogen and oxygen atoms in total. The number of benzene rings is 1. The first-order valence-electron chi connectivity index (χ1n) is 4.39. The van der Waals surface area contributed by atoms with E-state index in [0.29, 0.717) is 10.9 Å². The Morgan fingerprint density at radius 2 is 2.33 bits per heavy atom. The average Bonchev–Trinajstić information content (AvgIpc) is 2.55. The summed E-state index contributed by atoms with van der Waals surface area (Å²) in [5.74, 6) is -1.07. The Hall–Kier alpha value is -1.91. The van der Waals surface area contributed by atoms with Crippen LogP contribution < -0.4 is 0 Å².